The van der Waals surface area contributed by atoms with Gasteiger partial charge in [0.25, 0.3) is 0 Å². The first-order chi connectivity index (χ1) is 9.35. The monoisotopic (exact) mass is 285 g/mol. The van der Waals surface area contributed by atoms with Crippen molar-refractivity contribution < 1.29 is 17.7 Å². The number of hydrogen-bond donors (Lipinski definition) is 1. The summed E-state index contributed by atoms with van der Waals surface area (Å²) in [5.41, 5.74) is 5.96. The maximum Gasteiger partial charge on any atom is 0.471 e. The third-order valence-electron chi connectivity index (χ3n) is 3.11. The van der Waals surface area contributed by atoms with E-state index in [0.29, 0.717) is 12.8 Å². The highest BCUT2D eigenvalue weighted by Gasteiger charge is 2.41. The molecule has 0 saturated carbocycles. The number of alkyl halides is 3. The number of rotatable bonds is 4. The zero-order valence-electron chi connectivity index (χ0n) is 10.8. The Bertz CT molecular complexity index is 568. The Morgan fingerprint density at radius 1 is 1.20 bits per heavy atom. The Kier molecular flexibility index (Phi) is 3.80. The minimum atomic E-state index is -4.66. The van der Waals surface area contributed by atoms with Crippen LogP contribution in [0.25, 0.3) is 0 Å². The van der Waals surface area contributed by atoms with E-state index in [1.54, 1.807) is 6.92 Å². The van der Waals surface area contributed by atoms with Gasteiger partial charge in [0.2, 0.25) is 0 Å². The minimum Gasteiger partial charge on any atom is -0.329 e. The molecule has 0 aliphatic rings. The molecule has 7 heteroatoms. The van der Waals surface area contributed by atoms with Gasteiger partial charge in [-0.2, -0.15) is 18.2 Å². The molecular formula is C13H14F3N3O. The van der Waals surface area contributed by atoms with Crippen molar-refractivity contribution in [3.63, 3.8) is 0 Å². The second-order valence-electron chi connectivity index (χ2n) is 4.59. The second kappa shape index (κ2) is 5.24. The van der Waals surface area contributed by atoms with E-state index < -0.39 is 17.6 Å². The summed E-state index contributed by atoms with van der Waals surface area (Å²) in [6.07, 6.45) is -3.94. The fraction of sp³-hybridized carbons (Fsp3) is 0.385. The predicted octanol–water partition coefficient (Wildman–Crippen LogP) is 2.90. The Labute approximate surface area is 113 Å². The fourth-order valence-corrected chi connectivity index (χ4v) is 1.86. The van der Waals surface area contributed by atoms with Gasteiger partial charge in [0.05, 0.1) is 5.54 Å². The molecule has 0 saturated heterocycles. The topological polar surface area (TPSA) is 64.9 Å². The van der Waals surface area contributed by atoms with E-state index in [9.17, 15) is 13.2 Å². The summed E-state index contributed by atoms with van der Waals surface area (Å²) >= 11 is 0. The average molecular weight is 285 g/mol. The van der Waals surface area contributed by atoms with Crippen LogP contribution in [0.2, 0.25) is 0 Å². The SMILES string of the molecule is CCC(N)(Cc1ccccc1)c1noc(C(F)(F)F)n1. The van der Waals surface area contributed by atoms with Crippen molar-refractivity contribution in [2.75, 3.05) is 0 Å². The highest BCUT2D eigenvalue weighted by Crippen LogP contribution is 2.31. The summed E-state index contributed by atoms with van der Waals surface area (Å²) in [4.78, 5) is 3.39. The molecule has 1 atom stereocenters. The molecule has 2 aromatic rings. The smallest absolute Gasteiger partial charge is 0.329 e. The summed E-state index contributed by atoms with van der Waals surface area (Å²) in [7, 11) is 0. The molecule has 1 heterocycles. The molecule has 108 valence electrons. The summed E-state index contributed by atoms with van der Waals surface area (Å²) < 4.78 is 41.7. The van der Waals surface area contributed by atoms with Crippen molar-refractivity contribution in [2.45, 2.75) is 31.5 Å². The lowest BCUT2D eigenvalue weighted by atomic mass is 9.88. The van der Waals surface area contributed by atoms with Gasteiger partial charge in [-0.1, -0.05) is 42.4 Å². The maximum atomic E-state index is 12.5. The van der Waals surface area contributed by atoms with Crippen LogP contribution >= 0.6 is 0 Å². The number of aromatic nitrogens is 2. The van der Waals surface area contributed by atoms with E-state index in [4.69, 9.17) is 5.73 Å². The van der Waals surface area contributed by atoms with Crippen LogP contribution < -0.4 is 5.73 Å². The molecule has 2 rings (SSSR count). The zero-order valence-corrected chi connectivity index (χ0v) is 10.8. The maximum absolute atomic E-state index is 12.5. The normalized spacial score (nSPS) is 15.1. The molecule has 0 bridgehead atoms. The largest absolute Gasteiger partial charge is 0.471 e. The molecule has 1 unspecified atom stereocenters. The van der Waals surface area contributed by atoms with E-state index in [2.05, 4.69) is 14.7 Å². The van der Waals surface area contributed by atoms with Gasteiger partial charge in [-0.25, -0.2) is 0 Å². The van der Waals surface area contributed by atoms with Gasteiger partial charge in [0, 0.05) is 0 Å². The Morgan fingerprint density at radius 3 is 2.35 bits per heavy atom. The quantitative estimate of drug-likeness (QED) is 0.938. The van der Waals surface area contributed by atoms with E-state index in [0.717, 1.165) is 5.56 Å². The van der Waals surface area contributed by atoms with Gasteiger partial charge in [0.15, 0.2) is 5.82 Å². The third-order valence-corrected chi connectivity index (χ3v) is 3.11. The number of benzene rings is 1. The second-order valence-corrected chi connectivity index (χ2v) is 4.59. The lowest BCUT2D eigenvalue weighted by Gasteiger charge is -2.24. The highest BCUT2D eigenvalue weighted by molar-refractivity contribution is 5.20. The van der Waals surface area contributed by atoms with Gasteiger partial charge in [-0.3, -0.25) is 0 Å². The van der Waals surface area contributed by atoms with Crippen molar-refractivity contribution >= 4 is 0 Å². The van der Waals surface area contributed by atoms with Crippen LogP contribution in [0, 0.1) is 0 Å². The van der Waals surface area contributed by atoms with Crippen molar-refractivity contribution in [1.82, 2.24) is 10.1 Å². The Hall–Kier alpha value is -1.89. The number of nitrogens with two attached hydrogens (primary N) is 1. The standard InChI is InChI=1S/C13H14F3N3O/c1-2-12(17,8-9-6-4-3-5-7-9)10-18-11(20-19-10)13(14,15)16/h3-7H,2,8,17H2,1H3. The zero-order chi connectivity index (χ0) is 14.8. The summed E-state index contributed by atoms with van der Waals surface area (Å²) in [5.74, 6) is -1.50. The van der Waals surface area contributed by atoms with Crippen LogP contribution in [0.5, 0.6) is 0 Å². The number of nitrogens with zero attached hydrogens (tertiary/aromatic N) is 2. The molecule has 0 fully saturated rings. The molecule has 2 N–H and O–H groups in total. The van der Waals surface area contributed by atoms with Gasteiger partial charge >= 0.3 is 12.1 Å². The van der Waals surface area contributed by atoms with Crippen LogP contribution in [0.3, 0.4) is 0 Å². The molecule has 0 aliphatic carbocycles. The predicted molar refractivity (Wildman–Crippen MR) is 65.6 cm³/mol. The minimum absolute atomic E-state index is 0.129. The van der Waals surface area contributed by atoms with Crippen molar-refractivity contribution in [1.29, 1.82) is 0 Å². The molecule has 0 amide bonds. The Balaban J connectivity index is 2.29. The van der Waals surface area contributed by atoms with Crippen LogP contribution in [0.1, 0.15) is 30.6 Å². The van der Waals surface area contributed by atoms with Crippen LogP contribution in [0.4, 0.5) is 13.2 Å². The average Bonchev–Trinajstić information content (AvgIpc) is 2.90. The van der Waals surface area contributed by atoms with Gasteiger partial charge < -0.3 is 10.3 Å². The van der Waals surface area contributed by atoms with E-state index in [1.165, 1.54) is 0 Å². The summed E-state index contributed by atoms with van der Waals surface area (Å²) in [5, 5.41) is 3.39. The highest BCUT2D eigenvalue weighted by atomic mass is 19.4. The first-order valence-electron chi connectivity index (χ1n) is 6.09. The van der Waals surface area contributed by atoms with Crippen molar-refractivity contribution in [2.24, 2.45) is 5.73 Å². The lowest BCUT2D eigenvalue weighted by molar-refractivity contribution is -0.159. The molecule has 0 radical (unpaired) electrons. The summed E-state index contributed by atoms with van der Waals surface area (Å²) in [6.45, 7) is 1.77. The third kappa shape index (κ3) is 2.98. The molecule has 0 aliphatic heterocycles. The number of hydrogen-bond acceptors (Lipinski definition) is 4. The molecular weight excluding hydrogens is 271 g/mol. The van der Waals surface area contributed by atoms with Gasteiger partial charge in [-0.05, 0) is 18.4 Å². The summed E-state index contributed by atoms with van der Waals surface area (Å²) in [6, 6.07) is 9.22. The van der Waals surface area contributed by atoms with Gasteiger partial charge in [-0.15, -0.1) is 0 Å². The number of halogens is 3. The fourth-order valence-electron chi connectivity index (χ4n) is 1.86. The molecule has 0 spiro atoms. The lowest BCUT2D eigenvalue weighted by Crippen LogP contribution is -2.39. The van der Waals surface area contributed by atoms with Gasteiger partial charge in [0.1, 0.15) is 0 Å². The van der Waals surface area contributed by atoms with Crippen LogP contribution in [0.15, 0.2) is 34.9 Å². The molecule has 1 aromatic carbocycles. The van der Waals surface area contributed by atoms with E-state index in [-0.39, 0.29) is 5.82 Å². The van der Waals surface area contributed by atoms with Crippen molar-refractivity contribution in [3.8, 4) is 0 Å². The first kappa shape index (κ1) is 14.5. The molecule has 1 aromatic heterocycles. The van der Waals surface area contributed by atoms with E-state index in [1.807, 2.05) is 30.3 Å². The molecule has 20 heavy (non-hydrogen) atoms. The van der Waals surface area contributed by atoms with Crippen LogP contribution in [-0.4, -0.2) is 10.1 Å². The van der Waals surface area contributed by atoms with Crippen LogP contribution in [-0.2, 0) is 18.1 Å². The first-order valence-corrected chi connectivity index (χ1v) is 6.09. The van der Waals surface area contributed by atoms with E-state index >= 15 is 0 Å². The molecule has 4 nitrogen and oxygen atoms in total. The Morgan fingerprint density at radius 2 is 1.85 bits per heavy atom. The van der Waals surface area contributed by atoms with Crippen molar-refractivity contribution in [3.05, 3.63) is 47.6 Å².